The Morgan fingerprint density at radius 1 is 1.47 bits per heavy atom. The first-order chi connectivity index (χ1) is 7.90. The van der Waals surface area contributed by atoms with E-state index < -0.39 is 5.97 Å². The second kappa shape index (κ2) is 6.21. The van der Waals surface area contributed by atoms with Crippen LogP contribution in [0.2, 0.25) is 0 Å². The zero-order valence-electron chi connectivity index (χ0n) is 10.3. The van der Waals surface area contributed by atoms with Gasteiger partial charge >= 0.3 is 5.97 Å². The lowest BCUT2D eigenvalue weighted by Crippen LogP contribution is -2.35. The SMILES string of the molecule is CC(C)CN(CC(=O)O)C(C)c1ccc(Br)o1. The second-order valence-corrected chi connectivity index (χ2v) is 5.32. The molecule has 1 aromatic rings. The summed E-state index contributed by atoms with van der Waals surface area (Å²) < 4.78 is 6.14. The quantitative estimate of drug-likeness (QED) is 0.877. The van der Waals surface area contributed by atoms with Gasteiger partial charge in [-0.15, -0.1) is 0 Å². The molecular formula is C12H18BrNO3. The number of furan rings is 1. The zero-order chi connectivity index (χ0) is 13.0. The molecule has 0 aliphatic heterocycles. The van der Waals surface area contributed by atoms with Gasteiger partial charge < -0.3 is 9.52 Å². The monoisotopic (exact) mass is 303 g/mol. The third-order valence-corrected chi connectivity index (χ3v) is 2.92. The third kappa shape index (κ3) is 4.52. The molecule has 1 atom stereocenters. The molecule has 1 N–H and O–H groups in total. The molecule has 1 heterocycles. The molecule has 0 aliphatic rings. The van der Waals surface area contributed by atoms with Crippen molar-refractivity contribution in [3.8, 4) is 0 Å². The van der Waals surface area contributed by atoms with E-state index in [0.29, 0.717) is 10.6 Å². The van der Waals surface area contributed by atoms with Gasteiger partial charge in [-0.1, -0.05) is 13.8 Å². The first kappa shape index (κ1) is 14.3. The van der Waals surface area contributed by atoms with E-state index in [0.717, 1.165) is 12.3 Å². The van der Waals surface area contributed by atoms with E-state index in [9.17, 15) is 4.79 Å². The second-order valence-electron chi connectivity index (χ2n) is 4.53. The molecule has 0 radical (unpaired) electrons. The van der Waals surface area contributed by atoms with Gasteiger partial charge in [0.15, 0.2) is 4.67 Å². The van der Waals surface area contributed by atoms with Crippen molar-refractivity contribution in [2.45, 2.75) is 26.8 Å². The van der Waals surface area contributed by atoms with Crippen LogP contribution in [0.3, 0.4) is 0 Å². The highest BCUT2D eigenvalue weighted by Gasteiger charge is 2.21. The predicted octanol–water partition coefficient (Wildman–Crippen LogP) is 3.15. The average molecular weight is 304 g/mol. The van der Waals surface area contributed by atoms with Crippen LogP contribution in [0.25, 0.3) is 0 Å². The Bertz CT molecular complexity index is 376. The Hall–Kier alpha value is -0.810. The predicted molar refractivity (Wildman–Crippen MR) is 68.9 cm³/mol. The van der Waals surface area contributed by atoms with Crippen LogP contribution >= 0.6 is 15.9 Å². The van der Waals surface area contributed by atoms with Crippen molar-refractivity contribution in [3.63, 3.8) is 0 Å². The summed E-state index contributed by atoms with van der Waals surface area (Å²) in [6.07, 6.45) is 0. The number of hydrogen-bond donors (Lipinski definition) is 1. The molecule has 0 saturated carbocycles. The van der Waals surface area contributed by atoms with Crippen molar-refractivity contribution >= 4 is 21.9 Å². The van der Waals surface area contributed by atoms with Crippen molar-refractivity contribution in [3.05, 3.63) is 22.6 Å². The number of carboxylic acid groups (broad SMARTS) is 1. The molecule has 1 aromatic heterocycles. The lowest BCUT2D eigenvalue weighted by molar-refractivity contribution is -0.139. The number of hydrogen-bond acceptors (Lipinski definition) is 3. The Morgan fingerprint density at radius 2 is 2.12 bits per heavy atom. The maximum Gasteiger partial charge on any atom is 0.317 e. The van der Waals surface area contributed by atoms with E-state index in [4.69, 9.17) is 9.52 Å². The first-order valence-corrected chi connectivity index (χ1v) is 6.40. The van der Waals surface area contributed by atoms with E-state index in [1.807, 2.05) is 24.0 Å². The highest BCUT2D eigenvalue weighted by molar-refractivity contribution is 9.10. The fourth-order valence-corrected chi connectivity index (χ4v) is 2.05. The molecule has 0 bridgehead atoms. The van der Waals surface area contributed by atoms with Gasteiger partial charge in [-0.05, 0) is 40.9 Å². The molecule has 0 saturated heterocycles. The van der Waals surface area contributed by atoms with Crippen LogP contribution in [0.1, 0.15) is 32.6 Å². The van der Waals surface area contributed by atoms with E-state index in [1.165, 1.54) is 0 Å². The summed E-state index contributed by atoms with van der Waals surface area (Å²) in [5.41, 5.74) is 0. The lowest BCUT2D eigenvalue weighted by atomic mass is 10.1. The van der Waals surface area contributed by atoms with Crippen molar-refractivity contribution in [1.82, 2.24) is 4.90 Å². The smallest absolute Gasteiger partial charge is 0.317 e. The zero-order valence-corrected chi connectivity index (χ0v) is 11.9. The summed E-state index contributed by atoms with van der Waals surface area (Å²) in [5.74, 6) is 0.372. The minimum Gasteiger partial charge on any atom is -0.480 e. The minimum atomic E-state index is -0.817. The van der Waals surface area contributed by atoms with Crippen LogP contribution in [0.4, 0.5) is 0 Å². The van der Waals surface area contributed by atoms with Gasteiger partial charge in [0, 0.05) is 6.54 Å². The van der Waals surface area contributed by atoms with Crippen LogP contribution < -0.4 is 0 Å². The molecule has 0 spiro atoms. The summed E-state index contributed by atoms with van der Waals surface area (Å²) in [4.78, 5) is 12.8. The van der Waals surface area contributed by atoms with E-state index >= 15 is 0 Å². The van der Waals surface area contributed by atoms with Gasteiger partial charge in [-0.2, -0.15) is 0 Å². The molecule has 1 rings (SSSR count). The Balaban J connectivity index is 2.77. The third-order valence-electron chi connectivity index (χ3n) is 2.49. The van der Waals surface area contributed by atoms with Crippen molar-refractivity contribution < 1.29 is 14.3 Å². The highest BCUT2D eigenvalue weighted by atomic mass is 79.9. The summed E-state index contributed by atoms with van der Waals surface area (Å²) in [7, 11) is 0. The number of nitrogens with zero attached hydrogens (tertiary/aromatic N) is 1. The molecule has 0 amide bonds. The summed E-state index contributed by atoms with van der Waals surface area (Å²) >= 11 is 3.25. The van der Waals surface area contributed by atoms with E-state index in [2.05, 4.69) is 29.8 Å². The maximum atomic E-state index is 10.9. The number of carbonyl (C=O) groups is 1. The van der Waals surface area contributed by atoms with Crippen LogP contribution in [-0.2, 0) is 4.79 Å². The average Bonchev–Trinajstić information content (AvgIpc) is 2.61. The Kier molecular flexibility index (Phi) is 5.21. The topological polar surface area (TPSA) is 53.7 Å². The van der Waals surface area contributed by atoms with E-state index in [-0.39, 0.29) is 12.6 Å². The van der Waals surface area contributed by atoms with Gasteiger partial charge in [-0.25, -0.2) is 0 Å². The minimum absolute atomic E-state index is 0.0255. The molecular weight excluding hydrogens is 286 g/mol. The van der Waals surface area contributed by atoms with Crippen LogP contribution in [0.15, 0.2) is 21.2 Å². The molecule has 17 heavy (non-hydrogen) atoms. The highest BCUT2D eigenvalue weighted by Crippen LogP contribution is 2.25. The van der Waals surface area contributed by atoms with Crippen LogP contribution in [0.5, 0.6) is 0 Å². The molecule has 0 aliphatic carbocycles. The standard InChI is InChI=1S/C12H18BrNO3/c1-8(2)6-14(7-12(15)16)9(3)10-4-5-11(13)17-10/h4-5,8-9H,6-7H2,1-3H3,(H,15,16). The van der Waals surface area contributed by atoms with Crippen molar-refractivity contribution in [2.24, 2.45) is 5.92 Å². The number of carboxylic acids is 1. The summed E-state index contributed by atoms with van der Waals surface area (Å²) in [6.45, 7) is 6.85. The van der Waals surface area contributed by atoms with Gasteiger partial charge in [-0.3, -0.25) is 9.69 Å². The molecule has 0 fully saturated rings. The Labute approximate surface area is 110 Å². The molecule has 96 valence electrons. The summed E-state index contributed by atoms with van der Waals surface area (Å²) in [6, 6.07) is 3.64. The van der Waals surface area contributed by atoms with Crippen LogP contribution in [-0.4, -0.2) is 29.1 Å². The Morgan fingerprint density at radius 3 is 2.53 bits per heavy atom. The van der Waals surface area contributed by atoms with Gasteiger partial charge in [0.05, 0.1) is 12.6 Å². The van der Waals surface area contributed by atoms with E-state index in [1.54, 1.807) is 0 Å². The number of rotatable bonds is 6. The van der Waals surface area contributed by atoms with Crippen molar-refractivity contribution in [1.29, 1.82) is 0 Å². The molecule has 1 unspecified atom stereocenters. The largest absolute Gasteiger partial charge is 0.480 e. The number of halogens is 1. The normalized spacial score (nSPS) is 13.3. The van der Waals surface area contributed by atoms with Crippen LogP contribution in [0, 0.1) is 5.92 Å². The fourth-order valence-electron chi connectivity index (χ4n) is 1.74. The van der Waals surface area contributed by atoms with Crippen molar-refractivity contribution in [2.75, 3.05) is 13.1 Å². The van der Waals surface area contributed by atoms with Gasteiger partial charge in [0.25, 0.3) is 0 Å². The lowest BCUT2D eigenvalue weighted by Gasteiger charge is -2.27. The first-order valence-electron chi connectivity index (χ1n) is 5.61. The molecule has 0 aromatic carbocycles. The fraction of sp³-hybridized carbons (Fsp3) is 0.583. The van der Waals surface area contributed by atoms with Gasteiger partial charge in [0.2, 0.25) is 0 Å². The summed E-state index contributed by atoms with van der Waals surface area (Å²) in [5, 5.41) is 8.92. The molecule has 4 nitrogen and oxygen atoms in total. The van der Waals surface area contributed by atoms with Gasteiger partial charge in [0.1, 0.15) is 5.76 Å². The molecule has 5 heteroatoms. The maximum absolute atomic E-state index is 10.9. The number of aliphatic carboxylic acids is 1.